The number of alkyl halides is 3. The molecular formula is C16H19F3N4O. The van der Waals surface area contributed by atoms with Crippen LogP contribution in [0.25, 0.3) is 0 Å². The normalized spacial score (nSPS) is 11.4. The van der Waals surface area contributed by atoms with Crippen molar-refractivity contribution < 1.29 is 18.0 Å². The molecule has 0 saturated carbocycles. The zero-order valence-corrected chi connectivity index (χ0v) is 13.4. The van der Waals surface area contributed by atoms with Gasteiger partial charge < -0.3 is 10.2 Å². The number of halogens is 3. The van der Waals surface area contributed by atoms with Crippen LogP contribution in [-0.4, -0.2) is 36.7 Å². The Bertz CT molecular complexity index is 677. The molecule has 0 radical (unpaired) electrons. The third kappa shape index (κ3) is 4.50. The zero-order valence-electron chi connectivity index (χ0n) is 13.4. The molecule has 5 nitrogen and oxygen atoms in total. The lowest BCUT2D eigenvalue weighted by molar-refractivity contribution is -0.141. The molecule has 2 N–H and O–H groups in total. The number of aryl methyl sites for hydroxylation is 1. The highest BCUT2D eigenvalue weighted by atomic mass is 19.4. The molecule has 0 saturated heterocycles. The van der Waals surface area contributed by atoms with Gasteiger partial charge in [0.1, 0.15) is 0 Å². The van der Waals surface area contributed by atoms with E-state index in [-0.39, 0.29) is 6.54 Å². The molecule has 0 atom stereocenters. The minimum atomic E-state index is -4.63. The minimum absolute atomic E-state index is 0.288. The lowest BCUT2D eigenvalue weighted by atomic mass is 10.1. The fourth-order valence-corrected chi connectivity index (χ4v) is 2.22. The molecule has 0 aliphatic carbocycles. The Morgan fingerprint density at radius 3 is 2.50 bits per heavy atom. The standard InChI is InChI=1S/C16H19F3N4O/c1-23(2)12-7-5-11(6-8-12)4-3-9-20-15(24)13-10-21-22-14(13)16(17,18)19/h5-8,10H,3-4,9H2,1-2H3,(H,20,24)(H,21,22). The van der Waals surface area contributed by atoms with Crippen molar-refractivity contribution in [3.05, 3.63) is 47.3 Å². The summed E-state index contributed by atoms with van der Waals surface area (Å²) in [7, 11) is 3.91. The van der Waals surface area contributed by atoms with Gasteiger partial charge in [-0.3, -0.25) is 9.89 Å². The van der Waals surface area contributed by atoms with Crippen molar-refractivity contribution in [3.8, 4) is 0 Å². The number of nitrogens with one attached hydrogen (secondary N) is 2. The Kier molecular flexibility index (Phi) is 5.48. The first-order chi connectivity index (χ1) is 11.3. The second kappa shape index (κ2) is 7.37. The van der Waals surface area contributed by atoms with Gasteiger partial charge >= 0.3 is 6.18 Å². The minimum Gasteiger partial charge on any atom is -0.378 e. The number of anilines is 1. The molecule has 0 spiro atoms. The van der Waals surface area contributed by atoms with Crippen LogP contribution in [0.1, 0.15) is 28.0 Å². The van der Waals surface area contributed by atoms with E-state index in [2.05, 4.69) is 10.4 Å². The average Bonchev–Trinajstić information content (AvgIpc) is 3.01. The fourth-order valence-electron chi connectivity index (χ4n) is 2.22. The lowest BCUT2D eigenvalue weighted by Crippen LogP contribution is -2.26. The predicted octanol–water partition coefficient (Wildman–Crippen LogP) is 2.86. The van der Waals surface area contributed by atoms with Crippen molar-refractivity contribution in [2.24, 2.45) is 0 Å². The van der Waals surface area contributed by atoms with E-state index in [0.29, 0.717) is 6.42 Å². The maximum atomic E-state index is 12.7. The van der Waals surface area contributed by atoms with Gasteiger partial charge in [0.25, 0.3) is 5.91 Å². The van der Waals surface area contributed by atoms with Crippen LogP contribution in [0.5, 0.6) is 0 Å². The molecule has 1 aromatic carbocycles. The highest BCUT2D eigenvalue weighted by molar-refractivity contribution is 5.95. The summed E-state index contributed by atoms with van der Waals surface area (Å²) in [5.41, 5.74) is 0.581. The number of benzene rings is 1. The molecule has 0 aliphatic heterocycles. The van der Waals surface area contributed by atoms with Crippen LogP contribution in [-0.2, 0) is 12.6 Å². The third-order valence-electron chi connectivity index (χ3n) is 3.55. The van der Waals surface area contributed by atoms with E-state index in [1.165, 1.54) is 0 Å². The predicted molar refractivity (Wildman–Crippen MR) is 85.0 cm³/mol. The van der Waals surface area contributed by atoms with Crippen molar-refractivity contribution in [2.75, 3.05) is 25.5 Å². The number of hydrogen-bond donors (Lipinski definition) is 2. The van der Waals surface area contributed by atoms with Crippen LogP contribution >= 0.6 is 0 Å². The van der Waals surface area contributed by atoms with Gasteiger partial charge in [-0.1, -0.05) is 12.1 Å². The van der Waals surface area contributed by atoms with Crippen LogP contribution < -0.4 is 10.2 Å². The number of H-pyrrole nitrogens is 1. The Hall–Kier alpha value is -2.51. The maximum absolute atomic E-state index is 12.7. The Balaban J connectivity index is 1.82. The molecule has 1 amide bonds. The smallest absolute Gasteiger partial charge is 0.378 e. The monoisotopic (exact) mass is 340 g/mol. The van der Waals surface area contributed by atoms with Gasteiger partial charge in [0, 0.05) is 26.3 Å². The van der Waals surface area contributed by atoms with Crippen LogP contribution in [0.3, 0.4) is 0 Å². The summed E-state index contributed by atoms with van der Waals surface area (Å²) in [6, 6.07) is 7.98. The zero-order chi connectivity index (χ0) is 17.7. The number of aromatic nitrogens is 2. The summed E-state index contributed by atoms with van der Waals surface area (Å²) in [5, 5.41) is 7.61. The largest absolute Gasteiger partial charge is 0.433 e. The summed E-state index contributed by atoms with van der Waals surface area (Å²) in [5.74, 6) is -0.779. The number of rotatable bonds is 6. The fraction of sp³-hybridized carbons (Fsp3) is 0.375. The van der Waals surface area contributed by atoms with Crippen molar-refractivity contribution in [1.29, 1.82) is 0 Å². The van der Waals surface area contributed by atoms with Crippen LogP contribution in [0.4, 0.5) is 18.9 Å². The number of aromatic amines is 1. The van der Waals surface area contributed by atoms with Crippen molar-refractivity contribution in [2.45, 2.75) is 19.0 Å². The van der Waals surface area contributed by atoms with E-state index in [1.54, 1.807) is 0 Å². The second-order valence-electron chi connectivity index (χ2n) is 5.58. The topological polar surface area (TPSA) is 61.0 Å². The Morgan fingerprint density at radius 2 is 1.92 bits per heavy atom. The highest BCUT2D eigenvalue weighted by Gasteiger charge is 2.37. The Morgan fingerprint density at radius 1 is 1.25 bits per heavy atom. The van der Waals surface area contributed by atoms with Gasteiger partial charge in [-0.2, -0.15) is 18.3 Å². The van der Waals surface area contributed by atoms with Crippen molar-refractivity contribution in [1.82, 2.24) is 15.5 Å². The van der Waals surface area contributed by atoms with E-state index in [9.17, 15) is 18.0 Å². The van der Waals surface area contributed by atoms with Crippen LogP contribution in [0.2, 0.25) is 0 Å². The second-order valence-corrected chi connectivity index (χ2v) is 5.58. The number of nitrogens with zero attached hydrogens (tertiary/aromatic N) is 2. The Labute approximate surface area is 137 Å². The molecule has 0 unspecified atom stereocenters. The summed E-state index contributed by atoms with van der Waals surface area (Å²) in [4.78, 5) is 13.8. The van der Waals surface area contributed by atoms with Crippen LogP contribution in [0.15, 0.2) is 30.5 Å². The highest BCUT2D eigenvalue weighted by Crippen LogP contribution is 2.29. The third-order valence-corrected chi connectivity index (χ3v) is 3.55. The molecular weight excluding hydrogens is 321 g/mol. The van der Waals surface area contributed by atoms with Gasteiger partial charge in [0.15, 0.2) is 5.69 Å². The summed E-state index contributed by atoms with van der Waals surface area (Å²) in [6.07, 6.45) is -2.38. The number of carbonyl (C=O) groups excluding carboxylic acids is 1. The molecule has 0 fully saturated rings. The first-order valence-electron chi connectivity index (χ1n) is 7.44. The number of amides is 1. The first kappa shape index (κ1) is 17.8. The molecule has 2 aromatic rings. The van der Waals surface area contributed by atoms with Gasteiger partial charge in [-0.05, 0) is 30.5 Å². The van der Waals surface area contributed by atoms with E-state index >= 15 is 0 Å². The summed E-state index contributed by atoms with van der Waals surface area (Å²) >= 11 is 0. The van der Waals surface area contributed by atoms with Gasteiger partial charge in [0.2, 0.25) is 0 Å². The lowest BCUT2D eigenvalue weighted by Gasteiger charge is -2.12. The van der Waals surface area contributed by atoms with Crippen molar-refractivity contribution >= 4 is 11.6 Å². The average molecular weight is 340 g/mol. The SMILES string of the molecule is CN(C)c1ccc(CCCNC(=O)c2cn[nH]c2C(F)(F)F)cc1. The first-order valence-corrected chi connectivity index (χ1v) is 7.44. The van der Waals surface area contributed by atoms with E-state index in [1.807, 2.05) is 48.4 Å². The van der Waals surface area contributed by atoms with Gasteiger partial charge in [0.05, 0.1) is 11.8 Å². The molecule has 130 valence electrons. The number of carbonyl (C=O) groups is 1. The molecule has 1 heterocycles. The van der Waals surface area contributed by atoms with Gasteiger partial charge in [-0.15, -0.1) is 0 Å². The molecule has 2 rings (SSSR count). The molecule has 0 aliphatic rings. The molecule has 1 aromatic heterocycles. The van der Waals surface area contributed by atoms with Gasteiger partial charge in [-0.25, -0.2) is 0 Å². The quantitative estimate of drug-likeness (QED) is 0.795. The van der Waals surface area contributed by atoms with Crippen LogP contribution in [0, 0.1) is 0 Å². The maximum Gasteiger partial charge on any atom is 0.433 e. The van der Waals surface area contributed by atoms with E-state index in [0.717, 1.165) is 23.9 Å². The summed E-state index contributed by atoms with van der Waals surface area (Å²) in [6.45, 7) is 0.288. The van der Waals surface area contributed by atoms with E-state index < -0.39 is 23.3 Å². The molecule has 0 bridgehead atoms. The molecule has 24 heavy (non-hydrogen) atoms. The summed E-state index contributed by atoms with van der Waals surface area (Å²) < 4.78 is 38.1. The number of hydrogen-bond acceptors (Lipinski definition) is 3. The molecule has 8 heteroatoms. The van der Waals surface area contributed by atoms with Crippen molar-refractivity contribution in [3.63, 3.8) is 0 Å². The van der Waals surface area contributed by atoms with E-state index in [4.69, 9.17) is 0 Å².